The number of carbonyl (C=O) groups is 2. The van der Waals surface area contributed by atoms with Crippen LogP contribution in [0.25, 0.3) is 10.9 Å². The zero-order valence-corrected chi connectivity index (χ0v) is 18.7. The first-order valence-corrected chi connectivity index (χ1v) is 11.0. The average molecular weight is 430 g/mol. The highest BCUT2D eigenvalue weighted by Gasteiger charge is 2.47. The standard InChI is InChI=1S/C25H27N5O2/c1-17-7-6-8-19-18(2)15-21(27-23(17)19)28-11-13-29(14-12-28)24(32)25(3)16-22(31)26-20-9-4-5-10-30(20)25/h4-10,15H,11-14,16H2,1-3H3. The van der Waals surface area contributed by atoms with Crippen molar-refractivity contribution in [2.45, 2.75) is 32.7 Å². The molecule has 0 aliphatic carbocycles. The Labute approximate surface area is 187 Å². The zero-order chi connectivity index (χ0) is 22.5. The fourth-order valence-electron chi connectivity index (χ4n) is 4.85. The molecule has 1 saturated heterocycles. The molecule has 2 amide bonds. The number of hydrogen-bond acceptors (Lipinski definition) is 5. The Hall–Kier alpha value is -3.48. The Bertz CT molecular complexity index is 1210. The van der Waals surface area contributed by atoms with Crippen molar-refractivity contribution in [2.24, 2.45) is 4.99 Å². The first-order valence-electron chi connectivity index (χ1n) is 11.0. The van der Waals surface area contributed by atoms with Crippen molar-refractivity contribution in [1.82, 2.24) is 14.8 Å². The number of pyridine rings is 1. The summed E-state index contributed by atoms with van der Waals surface area (Å²) in [5, 5.41) is 1.18. The van der Waals surface area contributed by atoms with Crippen LogP contribution in [-0.4, -0.2) is 64.2 Å². The molecule has 0 spiro atoms. The second-order valence-corrected chi connectivity index (χ2v) is 8.93. The van der Waals surface area contributed by atoms with Gasteiger partial charge >= 0.3 is 0 Å². The summed E-state index contributed by atoms with van der Waals surface area (Å²) in [6.07, 6.45) is 7.39. The third kappa shape index (κ3) is 3.28. The molecule has 1 fully saturated rings. The van der Waals surface area contributed by atoms with Crippen LogP contribution in [0.15, 0.2) is 53.7 Å². The van der Waals surface area contributed by atoms with E-state index in [0.717, 1.165) is 16.9 Å². The Balaban J connectivity index is 1.34. The normalized spacial score (nSPS) is 22.9. The van der Waals surface area contributed by atoms with Crippen molar-refractivity contribution in [1.29, 1.82) is 0 Å². The van der Waals surface area contributed by atoms with E-state index in [2.05, 4.69) is 48.0 Å². The topological polar surface area (TPSA) is 69.1 Å². The van der Waals surface area contributed by atoms with E-state index in [1.807, 2.05) is 35.1 Å². The minimum Gasteiger partial charge on any atom is -0.353 e. The summed E-state index contributed by atoms with van der Waals surface area (Å²) in [7, 11) is 0. The molecule has 1 aromatic heterocycles. The van der Waals surface area contributed by atoms with E-state index in [1.165, 1.54) is 10.9 Å². The fraction of sp³-hybridized carbons (Fsp3) is 0.360. The van der Waals surface area contributed by atoms with Crippen molar-refractivity contribution in [3.05, 3.63) is 59.8 Å². The molecule has 7 nitrogen and oxygen atoms in total. The molecule has 1 aromatic carbocycles. The third-order valence-electron chi connectivity index (χ3n) is 6.69. The smallest absolute Gasteiger partial charge is 0.250 e. The maximum absolute atomic E-state index is 13.6. The predicted molar refractivity (Wildman–Crippen MR) is 126 cm³/mol. The lowest BCUT2D eigenvalue weighted by molar-refractivity contribution is -0.144. The van der Waals surface area contributed by atoms with Gasteiger partial charge in [0.05, 0.1) is 11.9 Å². The summed E-state index contributed by atoms with van der Waals surface area (Å²) in [6.45, 7) is 8.64. The maximum Gasteiger partial charge on any atom is 0.250 e. The van der Waals surface area contributed by atoms with Gasteiger partial charge in [-0.2, -0.15) is 4.99 Å². The van der Waals surface area contributed by atoms with Gasteiger partial charge in [0.15, 0.2) is 0 Å². The van der Waals surface area contributed by atoms with Crippen molar-refractivity contribution >= 4 is 34.4 Å². The molecule has 0 bridgehead atoms. The second-order valence-electron chi connectivity index (χ2n) is 8.93. The molecule has 3 aliphatic rings. The molecule has 164 valence electrons. The molecule has 1 unspecified atom stereocenters. The highest BCUT2D eigenvalue weighted by atomic mass is 16.2. The molecule has 0 saturated carbocycles. The van der Waals surface area contributed by atoms with E-state index in [1.54, 1.807) is 6.08 Å². The molecule has 3 aliphatic heterocycles. The number of allylic oxidation sites excluding steroid dienone is 2. The Morgan fingerprint density at radius 2 is 1.84 bits per heavy atom. The van der Waals surface area contributed by atoms with Crippen molar-refractivity contribution in [2.75, 3.05) is 31.1 Å². The number of aliphatic imine (C=N–C) groups is 1. The van der Waals surface area contributed by atoms with Crippen LogP contribution in [0.4, 0.5) is 5.82 Å². The Morgan fingerprint density at radius 1 is 1.06 bits per heavy atom. The summed E-state index contributed by atoms with van der Waals surface area (Å²) >= 11 is 0. The number of fused-ring (bicyclic) bond motifs is 2. The summed E-state index contributed by atoms with van der Waals surface area (Å²) < 4.78 is 0. The van der Waals surface area contributed by atoms with Gasteiger partial charge in [-0.05, 0) is 50.1 Å². The van der Waals surface area contributed by atoms with Crippen LogP contribution in [0.3, 0.4) is 0 Å². The number of para-hydroxylation sites is 1. The average Bonchev–Trinajstić information content (AvgIpc) is 2.79. The first kappa shape index (κ1) is 20.4. The summed E-state index contributed by atoms with van der Waals surface area (Å²) in [5.74, 6) is 1.20. The fourth-order valence-corrected chi connectivity index (χ4v) is 4.85. The molecule has 0 N–H and O–H groups in total. The third-order valence-corrected chi connectivity index (χ3v) is 6.69. The van der Waals surface area contributed by atoms with Crippen molar-refractivity contribution in [3.63, 3.8) is 0 Å². The van der Waals surface area contributed by atoms with Crippen molar-refractivity contribution < 1.29 is 9.59 Å². The van der Waals surface area contributed by atoms with Gasteiger partial charge in [-0.3, -0.25) is 9.59 Å². The Morgan fingerprint density at radius 3 is 2.62 bits per heavy atom. The minimum absolute atomic E-state index is 0.0312. The molecule has 0 radical (unpaired) electrons. The van der Waals surface area contributed by atoms with Crippen LogP contribution in [-0.2, 0) is 9.59 Å². The highest BCUT2D eigenvalue weighted by molar-refractivity contribution is 6.09. The van der Waals surface area contributed by atoms with Gasteiger partial charge in [-0.15, -0.1) is 0 Å². The highest BCUT2D eigenvalue weighted by Crippen LogP contribution is 2.31. The second kappa shape index (κ2) is 7.58. The number of amides is 2. The van der Waals surface area contributed by atoms with Crippen LogP contribution in [0.5, 0.6) is 0 Å². The number of benzene rings is 1. The van der Waals surface area contributed by atoms with E-state index >= 15 is 0 Å². The van der Waals surface area contributed by atoms with Gasteiger partial charge < -0.3 is 14.7 Å². The minimum atomic E-state index is -0.952. The largest absolute Gasteiger partial charge is 0.353 e. The molecule has 7 heteroatoms. The van der Waals surface area contributed by atoms with Crippen LogP contribution >= 0.6 is 0 Å². The summed E-state index contributed by atoms with van der Waals surface area (Å²) in [5.41, 5.74) is 2.45. The van der Waals surface area contributed by atoms with E-state index < -0.39 is 5.54 Å². The zero-order valence-electron chi connectivity index (χ0n) is 18.7. The van der Waals surface area contributed by atoms with Crippen LogP contribution in [0.1, 0.15) is 24.5 Å². The molecule has 5 rings (SSSR count). The number of piperazine rings is 1. The lowest BCUT2D eigenvalue weighted by atomic mass is 9.90. The van der Waals surface area contributed by atoms with Gasteiger partial charge in [0.1, 0.15) is 17.2 Å². The van der Waals surface area contributed by atoms with Crippen LogP contribution in [0, 0.1) is 13.8 Å². The quantitative estimate of drug-likeness (QED) is 0.734. The van der Waals surface area contributed by atoms with Gasteiger partial charge in [0.2, 0.25) is 5.91 Å². The van der Waals surface area contributed by atoms with Gasteiger partial charge in [0, 0.05) is 37.8 Å². The van der Waals surface area contributed by atoms with E-state index in [4.69, 9.17) is 4.98 Å². The van der Waals surface area contributed by atoms with E-state index in [-0.39, 0.29) is 18.2 Å². The Kier molecular flexibility index (Phi) is 4.84. The molecular weight excluding hydrogens is 402 g/mol. The van der Waals surface area contributed by atoms with E-state index in [0.29, 0.717) is 32.0 Å². The van der Waals surface area contributed by atoms with Crippen molar-refractivity contribution in [3.8, 4) is 0 Å². The van der Waals surface area contributed by atoms with E-state index in [9.17, 15) is 9.59 Å². The number of amidine groups is 1. The monoisotopic (exact) mass is 429 g/mol. The number of nitrogens with zero attached hydrogens (tertiary/aromatic N) is 5. The number of aryl methyl sites for hydroxylation is 2. The first-order chi connectivity index (χ1) is 15.4. The number of hydrogen-bond donors (Lipinski definition) is 0. The van der Waals surface area contributed by atoms with Gasteiger partial charge in [-0.25, -0.2) is 4.98 Å². The number of carbonyl (C=O) groups excluding carboxylic acids is 2. The molecule has 2 aromatic rings. The number of rotatable bonds is 2. The number of aromatic nitrogens is 1. The van der Waals surface area contributed by atoms with Crippen LogP contribution < -0.4 is 4.90 Å². The summed E-state index contributed by atoms with van der Waals surface area (Å²) in [6, 6.07) is 8.40. The van der Waals surface area contributed by atoms with Crippen LogP contribution in [0.2, 0.25) is 0 Å². The summed E-state index contributed by atoms with van der Waals surface area (Å²) in [4.78, 5) is 40.8. The van der Waals surface area contributed by atoms with Gasteiger partial charge in [0.25, 0.3) is 5.91 Å². The molecule has 32 heavy (non-hydrogen) atoms. The number of anilines is 1. The lowest BCUT2D eigenvalue weighted by Gasteiger charge is -2.46. The molecule has 4 heterocycles. The molecule has 1 atom stereocenters. The maximum atomic E-state index is 13.6. The predicted octanol–water partition coefficient (Wildman–Crippen LogP) is 2.97. The van der Waals surface area contributed by atoms with Gasteiger partial charge in [-0.1, -0.05) is 24.3 Å². The molecular formula is C25H27N5O2. The SMILES string of the molecule is Cc1cc(N2CCN(C(=O)C3(C)CC(=O)N=C4C=CC=CN43)CC2)nc2c(C)cccc12. The lowest BCUT2D eigenvalue weighted by Crippen LogP contribution is -2.63.